The maximum absolute atomic E-state index is 12.9. The van der Waals surface area contributed by atoms with Crippen molar-refractivity contribution in [3.8, 4) is 5.75 Å². The average molecular weight is 312 g/mol. The highest BCUT2D eigenvalue weighted by atomic mass is 16.3. The smallest absolute Gasteiger partial charge is 0.139 e. The number of Topliss-reactive ketones (excluding diaryl/α,β-unsaturated/α-hetero) is 1. The summed E-state index contributed by atoms with van der Waals surface area (Å²) in [6, 6.07) is 5.94. The molecule has 0 spiro atoms. The van der Waals surface area contributed by atoms with Gasteiger partial charge in [0.1, 0.15) is 11.5 Å². The Hall–Kier alpha value is -1.31. The van der Waals surface area contributed by atoms with Gasteiger partial charge >= 0.3 is 0 Å². The quantitative estimate of drug-likeness (QED) is 0.859. The molecule has 0 radical (unpaired) electrons. The zero-order chi connectivity index (χ0) is 16.1. The molecule has 124 valence electrons. The molecule has 2 saturated carbocycles. The fraction of sp³-hybridized carbons (Fsp3) is 0.667. The van der Waals surface area contributed by atoms with Crippen LogP contribution < -0.4 is 0 Å². The third-order valence-electron chi connectivity index (χ3n) is 7.23. The van der Waals surface area contributed by atoms with Gasteiger partial charge in [-0.1, -0.05) is 26.3 Å². The number of phenols is 1. The highest BCUT2D eigenvalue weighted by molar-refractivity contribution is 5.86. The van der Waals surface area contributed by atoms with E-state index in [0.29, 0.717) is 47.0 Å². The topological polar surface area (TPSA) is 37.3 Å². The first-order valence-corrected chi connectivity index (χ1v) is 9.45. The third kappa shape index (κ3) is 2.33. The monoisotopic (exact) mass is 312 g/mol. The van der Waals surface area contributed by atoms with Gasteiger partial charge in [-0.3, -0.25) is 4.79 Å². The van der Waals surface area contributed by atoms with Crippen molar-refractivity contribution in [3.63, 3.8) is 0 Å². The second kappa shape index (κ2) is 5.65. The van der Waals surface area contributed by atoms with Crippen LogP contribution in [0.2, 0.25) is 0 Å². The highest BCUT2D eigenvalue weighted by Gasteiger charge is 2.51. The Kier molecular flexibility index (Phi) is 3.74. The molecule has 0 aliphatic heterocycles. The fourth-order valence-corrected chi connectivity index (χ4v) is 5.85. The summed E-state index contributed by atoms with van der Waals surface area (Å²) in [5.74, 6) is 4.08. The maximum atomic E-state index is 12.9. The van der Waals surface area contributed by atoms with E-state index < -0.39 is 0 Å². The van der Waals surface area contributed by atoms with E-state index in [9.17, 15) is 9.90 Å². The number of carbonyl (C=O) groups is 1. The van der Waals surface area contributed by atoms with Crippen LogP contribution in [0.15, 0.2) is 18.2 Å². The van der Waals surface area contributed by atoms with E-state index in [1.165, 1.54) is 17.5 Å². The minimum Gasteiger partial charge on any atom is -0.508 e. The summed E-state index contributed by atoms with van der Waals surface area (Å²) in [6.45, 7) is 4.47. The summed E-state index contributed by atoms with van der Waals surface area (Å²) in [5, 5.41) is 9.75. The standard InChI is InChI=1S/C21H28O2/c1-3-12(2)19-11-20-17-6-4-13-10-14(22)5-7-15(13)16(17)8-9-18(20)21(19)23/h5,7,10,12,16-20,22H,3-4,6,8-9,11H2,1-2H3. The Morgan fingerprint density at radius 1 is 1.17 bits per heavy atom. The van der Waals surface area contributed by atoms with Gasteiger partial charge in [-0.25, -0.2) is 0 Å². The summed E-state index contributed by atoms with van der Waals surface area (Å²) in [6.07, 6.45) is 6.75. The number of hydrogen-bond acceptors (Lipinski definition) is 2. The number of carbonyl (C=O) groups excluding carboxylic acids is 1. The Morgan fingerprint density at radius 3 is 2.74 bits per heavy atom. The van der Waals surface area contributed by atoms with Gasteiger partial charge < -0.3 is 5.11 Å². The molecule has 0 aromatic heterocycles. The van der Waals surface area contributed by atoms with E-state index in [1.807, 2.05) is 12.1 Å². The van der Waals surface area contributed by atoms with E-state index >= 15 is 0 Å². The van der Waals surface area contributed by atoms with Gasteiger partial charge in [0.05, 0.1) is 0 Å². The first-order chi connectivity index (χ1) is 11.1. The molecular weight excluding hydrogens is 284 g/mol. The number of phenolic OH excluding ortho intramolecular Hbond substituents is 1. The van der Waals surface area contributed by atoms with Gasteiger partial charge in [0.25, 0.3) is 0 Å². The second-order valence-electron chi connectivity index (χ2n) is 8.17. The van der Waals surface area contributed by atoms with Crippen molar-refractivity contribution in [1.82, 2.24) is 0 Å². The molecule has 0 bridgehead atoms. The molecule has 1 aromatic rings. The van der Waals surface area contributed by atoms with Crippen LogP contribution in [0.3, 0.4) is 0 Å². The van der Waals surface area contributed by atoms with Crippen molar-refractivity contribution in [2.24, 2.45) is 29.6 Å². The minimum absolute atomic E-state index is 0.315. The van der Waals surface area contributed by atoms with E-state index in [4.69, 9.17) is 0 Å². The normalized spacial score (nSPS) is 37.0. The number of ketones is 1. The third-order valence-corrected chi connectivity index (χ3v) is 7.23. The van der Waals surface area contributed by atoms with Crippen LogP contribution in [0.4, 0.5) is 0 Å². The molecule has 6 atom stereocenters. The van der Waals surface area contributed by atoms with Crippen molar-refractivity contribution in [2.75, 3.05) is 0 Å². The number of aryl methyl sites for hydroxylation is 1. The zero-order valence-corrected chi connectivity index (χ0v) is 14.3. The van der Waals surface area contributed by atoms with Crippen molar-refractivity contribution in [1.29, 1.82) is 0 Å². The summed E-state index contributed by atoms with van der Waals surface area (Å²) in [7, 11) is 0. The first-order valence-electron chi connectivity index (χ1n) is 9.45. The predicted molar refractivity (Wildman–Crippen MR) is 91.4 cm³/mol. The number of aromatic hydroxyl groups is 1. The largest absolute Gasteiger partial charge is 0.508 e. The lowest BCUT2D eigenvalue weighted by Gasteiger charge is -2.43. The molecule has 3 aliphatic carbocycles. The minimum atomic E-state index is 0.315. The van der Waals surface area contributed by atoms with Crippen molar-refractivity contribution < 1.29 is 9.90 Å². The highest BCUT2D eigenvalue weighted by Crippen LogP contribution is 2.56. The molecule has 0 heterocycles. The number of hydrogen-bond donors (Lipinski definition) is 1. The number of benzene rings is 1. The van der Waals surface area contributed by atoms with Gasteiger partial charge in [0, 0.05) is 11.8 Å². The molecule has 3 aliphatic rings. The molecule has 4 rings (SSSR count). The van der Waals surface area contributed by atoms with Crippen molar-refractivity contribution >= 4 is 5.78 Å². The van der Waals surface area contributed by atoms with E-state index in [-0.39, 0.29) is 0 Å². The molecule has 23 heavy (non-hydrogen) atoms. The van der Waals surface area contributed by atoms with Crippen LogP contribution in [0.5, 0.6) is 5.75 Å². The van der Waals surface area contributed by atoms with Gasteiger partial charge in [0.15, 0.2) is 0 Å². The van der Waals surface area contributed by atoms with Crippen molar-refractivity contribution in [2.45, 2.75) is 58.3 Å². The average Bonchev–Trinajstić information content (AvgIpc) is 2.90. The van der Waals surface area contributed by atoms with E-state index in [0.717, 1.165) is 32.1 Å². The van der Waals surface area contributed by atoms with Crippen LogP contribution in [-0.4, -0.2) is 10.9 Å². The van der Waals surface area contributed by atoms with Gasteiger partial charge in [-0.15, -0.1) is 0 Å². The van der Waals surface area contributed by atoms with Crippen molar-refractivity contribution in [3.05, 3.63) is 29.3 Å². The molecule has 2 nitrogen and oxygen atoms in total. The SMILES string of the molecule is CCC(C)C1CC2C(CCC3c4ccc(O)cc4CCC32)C1=O. The first kappa shape index (κ1) is 15.2. The Morgan fingerprint density at radius 2 is 1.96 bits per heavy atom. The number of fused-ring (bicyclic) bond motifs is 5. The van der Waals surface area contributed by atoms with Crippen LogP contribution in [0.1, 0.15) is 63.0 Å². The van der Waals surface area contributed by atoms with Crippen LogP contribution in [0, 0.1) is 29.6 Å². The summed E-state index contributed by atoms with van der Waals surface area (Å²) < 4.78 is 0. The van der Waals surface area contributed by atoms with E-state index in [1.54, 1.807) is 0 Å². The van der Waals surface area contributed by atoms with Crippen LogP contribution in [0.25, 0.3) is 0 Å². The molecular formula is C21H28O2. The fourth-order valence-electron chi connectivity index (χ4n) is 5.85. The summed E-state index contributed by atoms with van der Waals surface area (Å²) in [5.41, 5.74) is 2.80. The summed E-state index contributed by atoms with van der Waals surface area (Å²) >= 11 is 0. The van der Waals surface area contributed by atoms with Gasteiger partial charge in [0.2, 0.25) is 0 Å². The molecule has 2 fully saturated rings. The molecule has 6 unspecified atom stereocenters. The zero-order valence-electron chi connectivity index (χ0n) is 14.3. The van der Waals surface area contributed by atoms with Crippen LogP contribution >= 0.6 is 0 Å². The molecule has 0 saturated heterocycles. The Bertz CT molecular complexity index is 620. The lowest BCUT2D eigenvalue weighted by molar-refractivity contribution is -0.126. The summed E-state index contributed by atoms with van der Waals surface area (Å²) in [4.78, 5) is 12.9. The molecule has 1 aromatic carbocycles. The maximum Gasteiger partial charge on any atom is 0.139 e. The molecule has 0 amide bonds. The predicted octanol–water partition coefficient (Wildman–Crippen LogP) is 4.70. The Balaban J connectivity index is 1.62. The Labute approximate surface area is 139 Å². The van der Waals surface area contributed by atoms with Gasteiger partial charge in [-0.05, 0) is 79.0 Å². The van der Waals surface area contributed by atoms with Crippen LogP contribution in [-0.2, 0) is 11.2 Å². The number of rotatable bonds is 2. The molecule has 1 N–H and O–H groups in total. The second-order valence-corrected chi connectivity index (χ2v) is 8.17. The van der Waals surface area contributed by atoms with Gasteiger partial charge in [-0.2, -0.15) is 0 Å². The van der Waals surface area contributed by atoms with E-state index in [2.05, 4.69) is 19.9 Å². The molecule has 2 heteroatoms. The lowest BCUT2D eigenvalue weighted by Crippen LogP contribution is -2.35. The lowest BCUT2D eigenvalue weighted by atomic mass is 9.61.